The van der Waals surface area contributed by atoms with Crippen molar-refractivity contribution in [3.8, 4) is 11.5 Å². The molecule has 11 heteroatoms. The quantitative estimate of drug-likeness (QED) is 0.120. The van der Waals surface area contributed by atoms with Gasteiger partial charge in [-0.3, -0.25) is 4.79 Å². The molecular weight excluding hydrogens is 640 g/mol. The summed E-state index contributed by atoms with van der Waals surface area (Å²) in [6, 6.07) is 7.83. The number of ketones is 1. The summed E-state index contributed by atoms with van der Waals surface area (Å²) in [6.07, 6.45) is 16.1. The number of aryl methyl sites for hydroxylation is 2. The minimum absolute atomic E-state index is 0.0975. The van der Waals surface area contributed by atoms with Gasteiger partial charge in [-0.05, 0) is 109 Å². The van der Waals surface area contributed by atoms with E-state index >= 15 is 0 Å². The Kier molecular flexibility index (Phi) is 19.0. The Morgan fingerprint density at radius 2 is 1.92 bits per heavy atom. The fourth-order valence-corrected chi connectivity index (χ4v) is 4.94. The molecule has 278 valence electrons. The first-order valence-electron chi connectivity index (χ1n) is 17.9. The molecule has 0 amide bonds. The second-order valence-corrected chi connectivity index (χ2v) is 12.4. The average molecular weight is 701 g/mol. The molecule has 0 fully saturated rings. The number of carbonyl (C=O) groups excluding carboxylic acids is 1. The van der Waals surface area contributed by atoms with E-state index in [4.69, 9.17) is 30.9 Å². The summed E-state index contributed by atoms with van der Waals surface area (Å²) in [7, 11) is 1.84. The molecule has 2 aliphatic heterocycles. The highest BCUT2D eigenvalue weighted by Crippen LogP contribution is 2.33. The fraction of sp³-hybridized carbons (Fsp3) is 0.450. The Hall–Kier alpha value is -4.74. The third kappa shape index (κ3) is 14.2. The smallest absolute Gasteiger partial charge is 0.172 e. The van der Waals surface area contributed by atoms with Crippen LogP contribution in [0.5, 0.6) is 11.5 Å². The van der Waals surface area contributed by atoms with E-state index in [1.807, 2.05) is 83.4 Å². The van der Waals surface area contributed by atoms with Crippen LogP contribution >= 0.6 is 0 Å². The SMILES string of the molecule is CC=C1C=C(Oc2ccc(N=C(N)c3nc4c(cc3C)OCC(C)CN4CCCC)cc2C)C=CN1/N=C\C.CCCN.CNC/C=C/C(C)=O. The molecule has 1 aromatic carbocycles. The Balaban J connectivity index is 0.000000646. The normalized spacial score (nSPS) is 16.5. The number of aliphatic imine (C=N–C) groups is 1. The second kappa shape index (κ2) is 22.9. The number of aromatic nitrogens is 1. The van der Waals surface area contributed by atoms with Gasteiger partial charge in [0.15, 0.2) is 17.4 Å². The summed E-state index contributed by atoms with van der Waals surface area (Å²) in [5.41, 5.74) is 15.8. The largest absolute Gasteiger partial charge is 0.489 e. The number of hydrogen-bond donors (Lipinski definition) is 3. The molecule has 0 saturated carbocycles. The van der Waals surface area contributed by atoms with Crippen molar-refractivity contribution in [1.29, 1.82) is 0 Å². The van der Waals surface area contributed by atoms with Crippen LogP contribution in [0.1, 0.15) is 77.6 Å². The molecule has 2 aliphatic rings. The first kappa shape index (κ1) is 42.4. The lowest BCUT2D eigenvalue weighted by Gasteiger charge is -2.25. The van der Waals surface area contributed by atoms with Crippen molar-refractivity contribution in [2.75, 3.05) is 44.7 Å². The van der Waals surface area contributed by atoms with Gasteiger partial charge < -0.3 is 31.2 Å². The third-order valence-electron chi connectivity index (χ3n) is 7.61. The monoisotopic (exact) mass is 700 g/mol. The average Bonchev–Trinajstić information content (AvgIpc) is 3.26. The van der Waals surface area contributed by atoms with Crippen molar-refractivity contribution in [3.63, 3.8) is 0 Å². The Morgan fingerprint density at radius 1 is 1.18 bits per heavy atom. The molecule has 1 atom stereocenters. The first-order chi connectivity index (χ1) is 24.5. The number of nitrogens with zero attached hydrogens (tertiary/aromatic N) is 5. The zero-order valence-corrected chi connectivity index (χ0v) is 32.2. The lowest BCUT2D eigenvalue weighted by Crippen LogP contribution is -2.30. The van der Waals surface area contributed by atoms with Crippen molar-refractivity contribution < 1.29 is 14.3 Å². The molecule has 0 bridgehead atoms. The Labute approximate surface area is 305 Å². The lowest BCUT2D eigenvalue weighted by molar-refractivity contribution is -0.112. The van der Waals surface area contributed by atoms with Crippen LogP contribution < -0.4 is 31.2 Å². The van der Waals surface area contributed by atoms with Crippen molar-refractivity contribution in [2.45, 2.75) is 74.7 Å². The van der Waals surface area contributed by atoms with E-state index < -0.39 is 0 Å². The van der Waals surface area contributed by atoms with E-state index in [0.717, 1.165) is 91.0 Å². The molecule has 11 nitrogen and oxygen atoms in total. The van der Waals surface area contributed by atoms with Gasteiger partial charge in [0.1, 0.15) is 23.0 Å². The van der Waals surface area contributed by atoms with E-state index in [1.165, 1.54) is 6.92 Å². The zero-order chi connectivity index (χ0) is 37.8. The fourth-order valence-electron chi connectivity index (χ4n) is 4.94. The minimum atomic E-state index is 0.0975. The van der Waals surface area contributed by atoms with Gasteiger partial charge in [0.2, 0.25) is 0 Å². The summed E-state index contributed by atoms with van der Waals surface area (Å²) in [4.78, 5) is 22.2. The molecule has 4 rings (SSSR count). The van der Waals surface area contributed by atoms with Crippen LogP contribution in [-0.2, 0) is 4.79 Å². The standard InChI is InChI=1S/C31H40N6O2.C6H11NO.C3H9N/c1-7-10-14-36-19-21(4)20-38-28-17-23(6)29(35-31(28)36)30(32)34-24-11-12-27(22(5)16-24)39-26-13-15-37(33-9-3)25(8-2)18-26;1-6(8)4-3-5-7-2;1-2-3-4/h8-9,11-13,15-18,21H,7,10,14,19-20H2,1-6H3,(H2,32,34);3-4,7H,5H2,1-2H3;2-4H2,1H3/b25-8?,33-9-;4-3+;. The molecule has 1 aromatic heterocycles. The van der Waals surface area contributed by atoms with Gasteiger partial charge in [-0.25, -0.2) is 15.0 Å². The van der Waals surface area contributed by atoms with Gasteiger partial charge in [-0.1, -0.05) is 39.3 Å². The molecule has 2 aromatic rings. The number of anilines is 1. The summed E-state index contributed by atoms with van der Waals surface area (Å²) >= 11 is 0. The summed E-state index contributed by atoms with van der Waals surface area (Å²) in [5.74, 6) is 4.05. The number of nitrogens with one attached hydrogen (secondary N) is 1. The van der Waals surface area contributed by atoms with Gasteiger partial charge >= 0.3 is 0 Å². The Bertz CT molecular complexity index is 1590. The maximum absolute atomic E-state index is 10.2. The van der Waals surface area contributed by atoms with Crippen molar-refractivity contribution in [3.05, 3.63) is 89.1 Å². The number of hydrogen-bond acceptors (Lipinski definition) is 10. The minimum Gasteiger partial charge on any atom is -0.489 e. The number of unbranched alkanes of at least 4 members (excludes halogenated alkanes) is 1. The number of rotatable bonds is 12. The zero-order valence-electron chi connectivity index (χ0n) is 32.2. The predicted octanol–water partition coefficient (Wildman–Crippen LogP) is 7.08. The number of ether oxygens (including phenoxy) is 2. The number of hydrazone groups is 1. The maximum Gasteiger partial charge on any atom is 0.172 e. The summed E-state index contributed by atoms with van der Waals surface area (Å²) in [5, 5.41) is 9.01. The number of nitrogens with two attached hydrogens (primary N) is 2. The van der Waals surface area contributed by atoms with E-state index in [-0.39, 0.29) is 5.78 Å². The first-order valence-corrected chi connectivity index (χ1v) is 17.9. The van der Waals surface area contributed by atoms with Gasteiger partial charge in [0.25, 0.3) is 0 Å². The molecule has 0 aliphatic carbocycles. The molecular formula is C40H60N8O3. The van der Waals surface area contributed by atoms with Gasteiger partial charge in [0, 0.05) is 44.0 Å². The van der Waals surface area contributed by atoms with Crippen LogP contribution in [0.2, 0.25) is 0 Å². The van der Waals surface area contributed by atoms with Crippen LogP contribution in [0, 0.1) is 19.8 Å². The van der Waals surface area contributed by atoms with Gasteiger partial charge in [-0.2, -0.15) is 5.10 Å². The van der Waals surface area contributed by atoms with E-state index in [0.29, 0.717) is 24.1 Å². The maximum atomic E-state index is 10.2. The van der Waals surface area contributed by atoms with Crippen LogP contribution in [0.25, 0.3) is 0 Å². The highest BCUT2D eigenvalue weighted by Gasteiger charge is 2.24. The molecule has 5 N–H and O–H groups in total. The number of benzene rings is 1. The third-order valence-corrected chi connectivity index (χ3v) is 7.61. The van der Waals surface area contributed by atoms with Crippen molar-refractivity contribution in [1.82, 2.24) is 15.3 Å². The predicted molar refractivity (Wildman–Crippen MR) is 213 cm³/mol. The van der Waals surface area contributed by atoms with Crippen molar-refractivity contribution in [2.24, 2.45) is 27.5 Å². The molecule has 0 saturated heterocycles. The molecule has 0 radical (unpaired) electrons. The van der Waals surface area contributed by atoms with Gasteiger partial charge in [0.05, 0.1) is 18.0 Å². The van der Waals surface area contributed by atoms with E-state index in [9.17, 15) is 4.79 Å². The van der Waals surface area contributed by atoms with Gasteiger partial charge in [-0.15, -0.1) is 0 Å². The van der Waals surface area contributed by atoms with E-state index in [2.05, 4.69) is 36.1 Å². The Morgan fingerprint density at radius 3 is 2.53 bits per heavy atom. The number of amidine groups is 1. The molecule has 3 heterocycles. The number of likely N-dealkylation sites (N-methyl/N-ethyl adjacent to an activating group) is 1. The topological polar surface area (TPSA) is 144 Å². The molecule has 1 unspecified atom stereocenters. The highest BCUT2D eigenvalue weighted by molar-refractivity contribution is 5.99. The molecule has 0 spiro atoms. The molecule has 51 heavy (non-hydrogen) atoms. The summed E-state index contributed by atoms with van der Waals surface area (Å²) in [6.45, 7) is 20.0. The number of allylic oxidation sites excluding steroid dienone is 4. The highest BCUT2D eigenvalue weighted by atomic mass is 16.5. The lowest BCUT2D eigenvalue weighted by atomic mass is 10.1. The van der Waals surface area contributed by atoms with Crippen LogP contribution in [0.4, 0.5) is 11.5 Å². The number of pyridine rings is 1. The van der Waals surface area contributed by atoms with Crippen LogP contribution in [0.3, 0.4) is 0 Å². The number of carbonyl (C=O) groups is 1. The van der Waals surface area contributed by atoms with Crippen molar-refractivity contribution >= 4 is 29.3 Å². The number of fused-ring (bicyclic) bond motifs is 1. The van der Waals surface area contributed by atoms with E-state index in [1.54, 1.807) is 23.4 Å². The van der Waals surface area contributed by atoms with Crippen LogP contribution in [0.15, 0.2) is 82.4 Å². The van der Waals surface area contributed by atoms with Crippen LogP contribution in [-0.4, -0.2) is 67.7 Å². The summed E-state index contributed by atoms with van der Waals surface area (Å²) < 4.78 is 12.3. The second-order valence-electron chi connectivity index (χ2n) is 12.4.